The number of carbonyl (C=O) groups excluding carboxylic acids is 1. The summed E-state index contributed by atoms with van der Waals surface area (Å²) < 4.78 is 41.6. The number of benzene rings is 2. The lowest BCUT2D eigenvalue weighted by atomic mass is 10.00. The summed E-state index contributed by atoms with van der Waals surface area (Å²) in [5, 5.41) is 0. The van der Waals surface area contributed by atoms with E-state index in [1.165, 1.54) is 25.1 Å². The van der Waals surface area contributed by atoms with Crippen molar-refractivity contribution >= 4 is 21.7 Å². The van der Waals surface area contributed by atoms with Crippen molar-refractivity contribution in [2.24, 2.45) is 0 Å². The second kappa shape index (κ2) is 5.79. The van der Waals surface area contributed by atoms with Crippen LogP contribution in [0.4, 0.5) is 13.2 Å². The molecule has 0 saturated carbocycles. The van der Waals surface area contributed by atoms with Gasteiger partial charge in [-0.1, -0.05) is 28.1 Å². The van der Waals surface area contributed by atoms with Crippen LogP contribution in [-0.2, 0) is 6.42 Å². The van der Waals surface area contributed by atoms with E-state index in [9.17, 15) is 18.0 Å². The normalized spacial score (nSPS) is 10.7. The van der Waals surface area contributed by atoms with Gasteiger partial charge in [0, 0.05) is 10.9 Å². The molecule has 0 amide bonds. The molecule has 2 aromatic rings. The number of Topliss-reactive ketones (excluding diaryl/α,β-unsaturated/α-hetero) is 1. The lowest BCUT2D eigenvalue weighted by Crippen LogP contribution is -2.11. The number of ketones is 1. The summed E-state index contributed by atoms with van der Waals surface area (Å²) in [6.07, 6.45) is -0.392. The highest BCUT2D eigenvalue weighted by atomic mass is 79.9. The fourth-order valence-electron chi connectivity index (χ4n) is 1.84. The zero-order chi connectivity index (χ0) is 14.9. The molecule has 2 aromatic carbocycles. The van der Waals surface area contributed by atoms with Crippen molar-refractivity contribution in [3.8, 4) is 0 Å². The molecule has 0 aromatic heterocycles. The van der Waals surface area contributed by atoms with Gasteiger partial charge in [0.25, 0.3) is 0 Å². The summed E-state index contributed by atoms with van der Waals surface area (Å²) in [7, 11) is 0. The van der Waals surface area contributed by atoms with E-state index in [2.05, 4.69) is 15.9 Å². The van der Waals surface area contributed by atoms with Crippen LogP contribution in [0.15, 0.2) is 34.8 Å². The van der Waals surface area contributed by atoms with Gasteiger partial charge < -0.3 is 0 Å². The quantitative estimate of drug-likeness (QED) is 0.745. The third kappa shape index (κ3) is 2.93. The van der Waals surface area contributed by atoms with E-state index in [4.69, 9.17) is 0 Å². The molecule has 0 fully saturated rings. The van der Waals surface area contributed by atoms with Gasteiger partial charge in [0.15, 0.2) is 5.78 Å². The maximum Gasteiger partial charge on any atom is 0.173 e. The smallest absolute Gasteiger partial charge is 0.173 e. The maximum atomic E-state index is 13.8. The Morgan fingerprint density at radius 2 is 1.80 bits per heavy atom. The Kier molecular flexibility index (Phi) is 4.28. The molecule has 0 atom stereocenters. The second-order valence-electron chi connectivity index (χ2n) is 4.39. The summed E-state index contributed by atoms with van der Waals surface area (Å²) in [5.74, 6) is -3.21. The molecule has 0 unspecified atom stereocenters. The average molecular weight is 343 g/mol. The van der Waals surface area contributed by atoms with Crippen LogP contribution < -0.4 is 0 Å². The maximum absolute atomic E-state index is 13.8. The van der Waals surface area contributed by atoms with Crippen LogP contribution in [0, 0.1) is 24.4 Å². The van der Waals surface area contributed by atoms with Gasteiger partial charge in [0.05, 0.1) is 5.56 Å². The van der Waals surface area contributed by atoms with Crippen LogP contribution in [0.3, 0.4) is 0 Å². The van der Waals surface area contributed by atoms with Crippen molar-refractivity contribution in [3.05, 3.63) is 68.9 Å². The molecule has 0 aliphatic heterocycles. The van der Waals surface area contributed by atoms with Gasteiger partial charge in [-0.25, -0.2) is 13.2 Å². The SMILES string of the molecule is Cc1ccc(F)c(C(=O)Cc2ccc(Br)cc2F)c1F. The van der Waals surface area contributed by atoms with Gasteiger partial charge in [-0.3, -0.25) is 4.79 Å². The molecular formula is C15H10BrF3O. The van der Waals surface area contributed by atoms with E-state index in [1.54, 1.807) is 6.07 Å². The summed E-state index contributed by atoms with van der Waals surface area (Å²) in [5.41, 5.74) is -0.350. The first kappa shape index (κ1) is 14.8. The molecular weight excluding hydrogens is 333 g/mol. The summed E-state index contributed by atoms with van der Waals surface area (Å²) >= 11 is 3.10. The van der Waals surface area contributed by atoms with Crippen molar-refractivity contribution in [2.45, 2.75) is 13.3 Å². The van der Waals surface area contributed by atoms with Crippen molar-refractivity contribution in [1.82, 2.24) is 0 Å². The molecule has 1 nitrogen and oxygen atoms in total. The standard InChI is InChI=1S/C15H10BrF3O/c1-8-2-5-11(17)14(15(8)19)13(20)6-9-3-4-10(16)7-12(9)18/h2-5,7H,6H2,1H3. The lowest BCUT2D eigenvalue weighted by molar-refractivity contribution is 0.0983. The Bertz CT molecular complexity index is 683. The highest BCUT2D eigenvalue weighted by Gasteiger charge is 2.20. The van der Waals surface area contributed by atoms with Crippen LogP contribution in [-0.4, -0.2) is 5.78 Å². The van der Waals surface area contributed by atoms with Crippen molar-refractivity contribution in [3.63, 3.8) is 0 Å². The topological polar surface area (TPSA) is 17.1 Å². The molecule has 0 aliphatic rings. The Morgan fingerprint density at radius 3 is 2.45 bits per heavy atom. The van der Waals surface area contributed by atoms with E-state index in [0.717, 1.165) is 6.07 Å². The van der Waals surface area contributed by atoms with Crippen LogP contribution >= 0.6 is 15.9 Å². The highest BCUT2D eigenvalue weighted by Crippen LogP contribution is 2.21. The molecule has 0 aliphatic carbocycles. The molecule has 104 valence electrons. The summed E-state index contributed by atoms with van der Waals surface area (Å²) in [6.45, 7) is 1.44. The van der Waals surface area contributed by atoms with E-state index in [-0.39, 0.29) is 11.1 Å². The van der Waals surface area contributed by atoms with E-state index in [1.807, 2.05) is 0 Å². The predicted molar refractivity (Wildman–Crippen MR) is 73.2 cm³/mol. The first-order chi connectivity index (χ1) is 9.40. The van der Waals surface area contributed by atoms with Crippen LogP contribution in [0.5, 0.6) is 0 Å². The Labute approximate surface area is 122 Å². The number of hydrogen-bond donors (Lipinski definition) is 0. The van der Waals surface area contributed by atoms with Crippen LogP contribution in [0.1, 0.15) is 21.5 Å². The molecule has 0 heterocycles. The van der Waals surface area contributed by atoms with Crippen LogP contribution in [0.2, 0.25) is 0 Å². The molecule has 5 heteroatoms. The zero-order valence-electron chi connectivity index (χ0n) is 10.5. The molecule has 20 heavy (non-hydrogen) atoms. The fourth-order valence-corrected chi connectivity index (χ4v) is 2.17. The monoisotopic (exact) mass is 342 g/mol. The van der Waals surface area contributed by atoms with Gasteiger partial charge in [0.1, 0.15) is 17.5 Å². The van der Waals surface area contributed by atoms with Gasteiger partial charge in [-0.05, 0) is 36.2 Å². The molecule has 0 N–H and O–H groups in total. The fraction of sp³-hybridized carbons (Fsp3) is 0.133. The van der Waals surface area contributed by atoms with Gasteiger partial charge >= 0.3 is 0 Å². The summed E-state index contributed by atoms with van der Waals surface area (Å²) in [6, 6.07) is 6.45. The predicted octanol–water partition coefficient (Wildman–Crippen LogP) is 4.60. The minimum atomic E-state index is -0.935. The third-order valence-electron chi connectivity index (χ3n) is 2.93. The molecule has 0 saturated heterocycles. The number of carbonyl (C=O) groups is 1. The molecule has 0 bridgehead atoms. The summed E-state index contributed by atoms with van der Waals surface area (Å²) in [4.78, 5) is 12.0. The molecule has 2 rings (SSSR count). The first-order valence-electron chi connectivity index (χ1n) is 5.82. The number of rotatable bonds is 3. The Morgan fingerprint density at radius 1 is 1.10 bits per heavy atom. The molecule has 0 radical (unpaired) electrons. The molecule has 0 spiro atoms. The van der Waals surface area contributed by atoms with E-state index < -0.39 is 35.2 Å². The number of aryl methyl sites for hydroxylation is 1. The van der Waals surface area contributed by atoms with Crippen LogP contribution in [0.25, 0.3) is 0 Å². The minimum Gasteiger partial charge on any atom is -0.294 e. The van der Waals surface area contributed by atoms with Crippen molar-refractivity contribution in [1.29, 1.82) is 0 Å². The third-order valence-corrected chi connectivity index (χ3v) is 3.42. The zero-order valence-corrected chi connectivity index (χ0v) is 12.1. The van der Waals surface area contributed by atoms with Crippen molar-refractivity contribution in [2.75, 3.05) is 0 Å². The lowest BCUT2D eigenvalue weighted by Gasteiger charge is -2.07. The minimum absolute atomic E-state index is 0.0958. The largest absolute Gasteiger partial charge is 0.294 e. The van der Waals surface area contributed by atoms with Crippen molar-refractivity contribution < 1.29 is 18.0 Å². The van der Waals surface area contributed by atoms with Gasteiger partial charge in [-0.15, -0.1) is 0 Å². The number of halogens is 4. The Hall–Kier alpha value is -1.62. The van der Waals surface area contributed by atoms with E-state index in [0.29, 0.717) is 4.47 Å². The average Bonchev–Trinajstić information content (AvgIpc) is 2.38. The Balaban J connectivity index is 2.36. The van der Waals surface area contributed by atoms with Gasteiger partial charge in [-0.2, -0.15) is 0 Å². The first-order valence-corrected chi connectivity index (χ1v) is 6.61. The van der Waals surface area contributed by atoms with Gasteiger partial charge in [0.2, 0.25) is 0 Å². The number of hydrogen-bond acceptors (Lipinski definition) is 1. The highest BCUT2D eigenvalue weighted by molar-refractivity contribution is 9.10. The second-order valence-corrected chi connectivity index (χ2v) is 5.30. The van der Waals surface area contributed by atoms with E-state index >= 15 is 0 Å².